The number of carbonyl (C=O) groups is 2. The topological polar surface area (TPSA) is 100.0 Å². The molecule has 1 saturated heterocycles. The average Bonchev–Trinajstić information content (AvgIpc) is 3.41. The van der Waals surface area contributed by atoms with Gasteiger partial charge >= 0.3 is 5.91 Å². The highest BCUT2D eigenvalue weighted by molar-refractivity contribution is 7.22. The van der Waals surface area contributed by atoms with Crippen molar-refractivity contribution in [3.05, 3.63) is 87.9 Å². The molecule has 6 rings (SSSR count). The number of aromatic nitrogens is 1. The summed E-state index contributed by atoms with van der Waals surface area (Å²) in [4.78, 5) is 32.7. The number of aromatic hydroxyl groups is 1. The van der Waals surface area contributed by atoms with Gasteiger partial charge in [-0.3, -0.25) is 14.5 Å². The molecule has 3 aromatic carbocycles. The van der Waals surface area contributed by atoms with Crippen LogP contribution in [0.25, 0.3) is 16.0 Å². The number of phenolic OH excluding ortho intramolecular Hbond substituents is 1. The average molecular weight is 519 g/mol. The Bertz CT molecular complexity index is 1580. The molecule has 36 heavy (non-hydrogen) atoms. The maximum absolute atomic E-state index is 13.4. The number of phenols is 1. The number of hydrogen-bond donors (Lipinski definition) is 2. The Balaban J connectivity index is 1.54. The van der Waals surface area contributed by atoms with Crippen LogP contribution in [-0.4, -0.2) is 33.5 Å². The zero-order valence-corrected chi connectivity index (χ0v) is 20.3. The van der Waals surface area contributed by atoms with Gasteiger partial charge in [0.25, 0.3) is 5.78 Å². The highest BCUT2D eigenvalue weighted by Gasteiger charge is 2.48. The lowest BCUT2D eigenvalue weighted by Crippen LogP contribution is -2.29. The number of hydrogen-bond acceptors (Lipinski definition) is 7. The van der Waals surface area contributed by atoms with E-state index in [-0.39, 0.29) is 17.1 Å². The summed E-state index contributed by atoms with van der Waals surface area (Å²) in [6, 6.07) is 15.7. The molecule has 2 aliphatic rings. The Hall–Kier alpha value is -3.88. The van der Waals surface area contributed by atoms with Crippen LogP contribution in [0.15, 0.2) is 66.2 Å². The molecule has 0 radical (unpaired) electrons. The number of thiazole rings is 1. The number of rotatable bonds is 3. The van der Waals surface area contributed by atoms with Gasteiger partial charge in [0.2, 0.25) is 0 Å². The fourth-order valence-corrected chi connectivity index (χ4v) is 5.92. The highest BCUT2D eigenvalue weighted by Crippen LogP contribution is 2.45. The standard InChI is InChI=1S/C27H19ClN2O5S/c28-17-6-9-19-21(13-17)36-27(29-19)30-23(14-3-7-18(31)8-4-14)22(25(33)26(30)34)24(32)16-5-10-20-15(12-16)2-1-11-35-20/h3-10,12-13,23,31-32H,1-2,11H2/b24-22+. The molecular weight excluding hydrogens is 500 g/mol. The van der Waals surface area contributed by atoms with Crippen LogP contribution in [0.5, 0.6) is 11.5 Å². The number of aliphatic hydroxyl groups is 1. The first-order valence-corrected chi connectivity index (χ1v) is 12.5. The van der Waals surface area contributed by atoms with Crippen molar-refractivity contribution in [3.63, 3.8) is 0 Å². The second-order valence-corrected chi connectivity index (χ2v) is 10.1. The number of Topliss-reactive ketones (excluding diaryl/α,β-unsaturated/α-hetero) is 1. The molecule has 0 bridgehead atoms. The molecule has 0 spiro atoms. The van der Waals surface area contributed by atoms with Crippen molar-refractivity contribution in [2.24, 2.45) is 0 Å². The molecule has 1 aromatic heterocycles. The van der Waals surface area contributed by atoms with E-state index in [1.165, 1.54) is 28.4 Å². The van der Waals surface area contributed by atoms with Crippen molar-refractivity contribution < 1.29 is 24.5 Å². The molecule has 180 valence electrons. The van der Waals surface area contributed by atoms with E-state index in [4.69, 9.17) is 16.3 Å². The first kappa shape index (κ1) is 22.6. The molecule has 2 aliphatic heterocycles. The van der Waals surface area contributed by atoms with Gasteiger partial charge in [-0.2, -0.15) is 0 Å². The van der Waals surface area contributed by atoms with Crippen LogP contribution in [0.4, 0.5) is 5.13 Å². The van der Waals surface area contributed by atoms with Crippen LogP contribution in [0.3, 0.4) is 0 Å². The lowest BCUT2D eigenvalue weighted by molar-refractivity contribution is -0.132. The van der Waals surface area contributed by atoms with Crippen LogP contribution in [-0.2, 0) is 16.0 Å². The number of benzene rings is 3. The summed E-state index contributed by atoms with van der Waals surface area (Å²) in [6.45, 7) is 0.637. The summed E-state index contributed by atoms with van der Waals surface area (Å²) in [5.74, 6) is -1.08. The molecule has 7 nitrogen and oxygen atoms in total. The molecule has 9 heteroatoms. The van der Waals surface area contributed by atoms with Gasteiger partial charge in [-0.1, -0.05) is 35.1 Å². The SMILES string of the molecule is O=C1C(=O)N(c2nc3ccc(Cl)cc3s2)C(c2ccc(O)cc2)/C1=C(\O)c1ccc2c(c1)CCCO2. The molecule has 3 heterocycles. The van der Waals surface area contributed by atoms with Crippen LogP contribution in [0.1, 0.15) is 29.2 Å². The molecule has 1 fully saturated rings. The van der Waals surface area contributed by atoms with Crippen molar-refractivity contribution in [2.45, 2.75) is 18.9 Å². The van der Waals surface area contributed by atoms with Gasteiger partial charge in [-0.05, 0) is 72.5 Å². The predicted octanol–water partition coefficient (Wildman–Crippen LogP) is 5.61. The zero-order valence-electron chi connectivity index (χ0n) is 18.8. The molecule has 0 saturated carbocycles. The maximum atomic E-state index is 13.4. The maximum Gasteiger partial charge on any atom is 0.301 e. The van der Waals surface area contributed by atoms with Crippen molar-refractivity contribution in [3.8, 4) is 11.5 Å². The summed E-state index contributed by atoms with van der Waals surface area (Å²) < 4.78 is 6.43. The first-order valence-electron chi connectivity index (χ1n) is 11.3. The number of aryl methyl sites for hydroxylation is 1. The fraction of sp³-hybridized carbons (Fsp3) is 0.148. The van der Waals surface area contributed by atoms with E-state index in [0.717, 1.165) is 28.9 Å². The molecule has 1 amide bonds. The Morgan fingerprint density at radius 3 is 2.69 bits per heavy atom. The van der Waals surface area contributed by atoms with Crippen molar-refractivity contribution >= 4 is 55.7 Å². The minimum atomic E-state index is -0.936. The number of halogens is 1. The van der Waals surface area contributed by atoms with Crippen LogP contribution in [0.2, 0.25) is 5.02 Å². The largest absolute Gasteiger partial charge is 0.508 e. The van der Waals surface area contributed by atoms with E-state index in [1.54, 1.807) is 48.5 Å². The summed E-state index contributed by atoms with van der Waals surface area (Å²) in [5.41, 5.74) is 2.51. The lowest BCUT2D eigenvalue weighted by Gasteiger charge is -2.23. The second kappa shape index (κ2) is 8.65. The number of amides is 1. The van der Waals surface area contributed by atoms with Crippen LogP contribution in [0, 0.1) is 0 Å². The monoisotopic (exact) mass is 518 g/mol. The second-order valence-electron chi connectivity index (χ2n) is 8.64. The number of aliphatic hydroxyl groups excluding tert-OH is 1. The van der Waals surface area contributed by atoms with Crippen molar-refractivity contribution in [2.75, 3.05) is 11.5 Å². The Morgan fingerprint density at radius 1 is 1.08 bits per heavy atom. The van der Waals surface area contributed by atoms with E-state index in [0.29, 0.717) is 33.4 Å². The molecular formula is C27H19ClN2O5S. The van der Waals surface area contributed by atoms with Gasteiger partial charge < -0.3 is 14.9 Å². The summed E-state index contributed by atoms with van der Waals surface area (Å²) >= 11 is 7.36. The summed E-state index contributed by atoms with van der Waals surface area (Å²) in [7, 11) is 0. The van der Waals surface area contributed by atoms with Gasteiger partial charge in [-0.15, -0.1) is 0 Å². The van der Waals surface area contributed by atoms with Crippen molar-refractivity contribution in [1.82, 2.24) is 4.98 Å². The van der Waals surface area contributed by atoms with E-state index < -0.39 is 17.7 Å². The number of ketones is 1. The van der Waals surface area contributed by atoms with E-state index in [9.17, 15) is 19.8 Å². The van der Waals surface area contributed by atoms with Gasteiger partial charge in [0.15, 0.2) is 5.13 Å². The third-order valence-corrected chi connectivity index (χ3v) is 7.63. The van der Waals surface area contributed by atoms with Crippen LogP contribution < -0.4 is 9.64 Å². The Kier molecular flexibility index (Phi) is 5.43. The number of anilines is 1. The molecule has 2 N–H and O–H groups in total. The van der Waals surface area contributed by atoms with E-state index in [2.05, 4.69) is 4.98 Å². The predicted molar refractivity (Wildman–Crippen MR) is 138 cm³/mol. The molecule has 4 aromatic rings. The third-order valence-electron chi connectivity index (χ3n) is 6.38. The third kappa shape index (κ3) is 3.70. The van der Waals surface area contributed by atoms with Crippen molar-refractivity contribution in [1.29, 1.82) is 0 Å². The number of carbonyl (C=O) groups excluding carboxylic acids is 2. The Morgan fingerprint density at radius 2 is 1.89 bits per heavy atom. The van der Waals surface area contributed by atoms with E-state index >= 15 is 0 Å². The number of ether oxygens (including phenoxy) is 1. The first-order chi connectivity index (χ1) is 17.4. The van der Waals surface area contributed by atoms with Crippen LogP contribution >= 0.6 is 22.9 Å². The van der Waals surface area contributed by atoms with Gasteiger partial charge in [0.05, 0.1) is 28.4 Å². The molecule has 1 atom stereocenters. The Labute approximate surface area is 214 Å². The minimum absolute atomic E-state index is 0.0417. The van der Waals surface area contributed by atoms with E-state index in [1.807, 2.05) is 0 Å². The molecule has 1 unspecified atom stereocenters. The minimum Gasteiger partial charge on any atom is -0.508 e. The highest BCUT2D eigenvalue weighted by atomic mass is 35.5. The number of fused-ring (bicyclic) bond motifs is 2. The quantitative estimate of drug-likeness (QED) is 0.208. The number of nitrogens with zero attached hydrogens (tertiary/aromatic N) is 2. The normalized spacial score (nSPS) is 18.9. The zero-order chi connectivity index (χ0) is 25.0. The smallest absolute Gasteiger partial charge is 0.301 e. The fourth-order valence-electron chi connectivity index (χ4n) is 4.65. The molecule has 0 aliphatic carbocycles. The van der Waals surface area contributed by atoms with Gasteiger partial charge in [0, 0.05) is 10.6 Å². The summed E-state index contributed by atoms with van der Waals surface area (Å²) in [6.07, 6.45) is 1.65. The van der Waals surface area contributed by atoms with Gasteiger partial charge in [0.1, 0.15) is 17.3 Å². The lowest BCUT2D eigenvalue weighted by atomic mass is 9.94. The summed E-state index contributed by atoms with van der Waals surface area (Å²) in [5, 5.41) is 22.1. The van der Waals surface area contributed by atoms with Gasteiger partial charge in [-0.25, -0.2) is 4.98 Å².